The molecule has 2 heterocycles. The average molecular weight is 397 g/mol. The second-order valence-electron chi connectivity index (χ2n) is 4.59. The van der Waals surface area contributed by atoms with E-state index in [4.69, 9.17) is 4.74 Å². The lowest BCUT2D eigenvalue weighted by molar-refractivity contribution is -0.0102. The van der Waals surface area contributed by atoms with Gasteiger partial charge in [-0.05, 0) is 35.1 Å². The second kappa shape index (κ2) is 6.15. The van der Waals surface area contributed by atoms with E-state index in [2.05, 4.69) is 10.2 Å². The van der Waals surface area contributed by atoms with E-state index in [1.807, 2.05) is 22.6 Å². The van der Waals surface area contributed by atoms with Gasteiger partial charge in [-0.15, -0.1) is 10.2 Å². The third-order valence-electron chi connectivity index (χ3n) is 3.17. The van der Waals surface area contributed by atoms with Crippen LogP contribution in [0, 0.1) is 3.70 Å². The quantitative estimate of drug-likeness (QED) is 0.567. The SMILES string of the molecule is COC(=O)c1cc(I)nnc1N1CCCC(F)(F)CC1. The minimum absolute atomic E-state index is 0.144. The first-order chi connectivity index (χ1) is 9.43. The molecule has 20 heavy (non-hydrogen) atoms. The summed E-state index contributed by atoms with van der Waals surface area (Å²) in [5.74, 6) is -2.88. The molecule has 110 valence electrons. The van der Waals surface area contributed by atoms with E-state index in [0.717, 1.165) is 0 Å². The summed E-state index contributed by atoms with van der Waals surface area (Å²) in [5, 5.41) is 7.88. The lowest BCUT2D eigenvalue weighted by Gasteiger charge is -2.22. The van der Waals surface area contributed by atoms with Crippen molar-refractivity contribution in [3.05, 3.63) is 15.3 Å². The van der Waals surface area contributed by atoms with E-state index < -0.39 is 11.9 Å². The van der Waals surface area contributed by atoms with Crippen molar-refractivity contribution in [1.29, 1.82) is 0 Å². The standard InChI is InChI=1S/C12H14F2IN3O2/c1-20-11(19)8-7-9(15)16-17-10(8)18-5-2-3-12(13,14)4-6-18/h7H,2-6H2,1H3. The van der Waals surface area contributed by atoms with Crippen LogP contribution in [0.3, 0.4) is 0 Å². The normalized spacial score (nSPS) is 18.5. The number of hydrogen-bond acceptors (Lipinski definition) is 5. The third-order valence-corrected chi connectivity index (χ3v) is 3.69. The van der Waals surface area contributed by atoms with E-state index in [9.17, 15) is 13.6 Å². The number of carbonyl (C=O) groups excluding carboxylic acids is 1. The third kappa shape index (κ3) is 3.53. The van der Waals surface area contributed by atoms with Gasteiger partial charge in [0.15, 0.2) is 5.82 Å². The smallest absolute Gasteiger partial charge is 0.341 e. The van der Waals surface area contributed by atoms with E-state index >= 15 is 0 Å². The molecule has 0 spiro atoms. The molecule has 1 aromatic heterocycles. The fraction of sp³-hybridized carbons (Fsp3) is 0.583. The number of halogens is 3. The monoisotopic (exact) mass is 397 g/mol. The molecule has 1 aliphatic heterocycles. The first kappa shape index (κ1) is 15.3. The van der Waals surface area contributed by atoms with Crippen LogP contribution in [0.2, 0.25) is 0 Å². The number of nitrogens with zero attached hydrogens (tertiary/aromatic N) is 3. The highest BCUT2D eigenvalue weighted by Gasteiger charge is 2.33. The number of anilines is 1. The molecule has 1 fully saturated rings. The molecular weight excluding hydrogens is 383 g/mol. The summed E-state index contributed by atoms with van der Waals surface area (Å²) in [7, 11) is 1.27. The Bertz CT molecular complexity index is 513. The summed E-state index contributed by atoms with van der Waals surface area (Å²) in [6, 6.07) is 1.55. The van der Waals surface area contributed by atoms with E-state index in [-0.39, 0.29) is 24.9 Å². The Morgan fingerprint density at radius 2 is 2.15 bits per heavy atom. The van der Waals surface area contributed by atoms with E-state index in [1.54, 1.807) is 11.0 Å². The maximum atomic E-state index is 13.4. The fourth-order valence-electron chi connectivity index (χ4n) is 2.13. The Morgan fingerprint density at radius 3 is 2.85 bits per heavy atom. The van der Waals surface area contributed by atoms with Gasteiger partial charge >= 0.3 is 5.97 Å². The van der Waals surface area contributed by atoms with E-state index in [0.29, 0.717) is 22.5 Å². The highest BCUT2D eigenvalue weighted by Crippen LogP contribution is 2.30. The largest absolute Gasteiger partial charge is 0.465 e. The maximum absolute atomic E-state index is 13.4. The number of hydrogen-bond donors (Lipinski definition) is 0. The highest BCUT2D eigenvalue weighted by atomic mass is 127. The van der Waals surface area contributed by atoms with Crippen molar-refractivity contribution in [3.8, 4) is 0 Å². The van der Waals surface area contributed by atoms with Gasteiger partial charge in [-0.25, -0.2) is 13.6 Å². The number of ether oxygens (including phenoxy) is 1. The lowest BCUT2D eigenvalue weighted by atomic mass is 10.1. The zero-order valence-corrected chi connectivity index (χ0v) is 13.1. The molecule has 0 radical (unpaired) electrons. The van der Waals surface area contributed by atoms with Gasteiger partial charge in [-0.3, -0.25) is 0 Å². The van der Waals surface area contributed by atoms with Crippen LogP contribution in [0.25, 0.3) is 0 Å². The Morgan fingerprint density at radius 1 is 1.40 bits per heavy atom. The molecule has 0 saturated carbocycles. The Labute approximate surface area is 128 Å². The minimum Gasteiger partial charge on any atom is -0.465 e. The van der Waals surface area contributed by atoms with Crippen LogP contribution < -0.4 is 4.90 Å². The van der Waals surface area contributed by atoms with Gasteiger partial charge in [0, 0.05) is 25.9 Å². The topological polar surface area (TPSA) is 55.3 Å². The number of carbonyl (C=O) groups is 1. The molecule has 0 amide bonds. The number of rotatable bonds is 2. The van der Waals surface area contributed by atoms with Crippen LogP contribution in [0.4, 0.5) is 14.6 Å². The minimum atomic E-state index is -2.66. The van der Waals surface area contributed by atoms with Crippen LogP contribution in [-0.2, 0) is 4.74 Å². The molecule has 0 atom stereocenters. The summed E-state index contributed by atoms with van der Waals surface area (Å²) in [6.07, 6.45) is -0.0442. The summed E-state index contributed by atoms with van der Waals surface area (Å²) in [4.78, 5) is 13.5. The molecule has 0 aromatic carbocycles. The molecule has 0 unspecified atom stereocenters. The maximum Gasteiger partial charge on any atom is 0.341 e. The summed E-state index contributed by atoms with van der Waals surface area (Å²) >= 11 is 1.94. The summed E-state index contributed by atoms with van der Waals surface area (Å²) in [6.45, 7) is 0.571. The Kier molecular flexibility index (Phi) is 4.71. The first-order valence-corrected chi connectivity index (χ1v) is 7.25. The molecule has 1 aromatic rings. The van der Waals surface area contributed by atoms with Crippen LogP contribution in [0.5, 0.6) is 0 Å². The molecule has 1 saturated heterocycles. The van der Waals surface area contributed by atoms with Crippen molar-refractivity contribution >= 4 is 34.4 Å². The van der Waals surface area contributed by atoms with Crippen molar-refractivity contribution in [3.63, 3.8) is 0 Å². The van der Waals surface area contributed by atoms with Gasteiger partial charge in [0.1, 0.15) is 9.26 Å². The Hall–Kier alpha value is -1.06. The van der Waals surface area contributed by atoms with E-state index in [1.165, 1.54) is 7.11 Å². The van der Waals surface area contributed by atoms with Gasteiger partial charge < -0.3 is 9.64 Å². The van der Waals surface area contributed by atoms with Gasteiger partial charge in [-0.1, -0.05) is 0 Å². The average Bonchev–Trinajstić information content (AvgIpc) is 2.59. The van der Waals surface area contributed by atoms with Crippen LogP contribution in [0.1, 0.15) is 29.6 Å². The molecule has 2 rings (SSSR count). The van der Waals surface area contributed by atoms with Gasteiger partial charge in [0.2, 0.25) is 5.92 Å². The number of methoxy groups -OCH3 is 1. The molecule has 0 bridgehead atoms. The van der Waals surface area contributed by atoms with Crippen LogP contribution >= 0.6 is 22.6 Å². The van der Waals surface area contributed by atoms with Crippen LogP contribution in [-0.4, -0.2) is 42.3 Å². The molecule has 1 aliphatic rings. The zero-order valence-electron chi connectivity index (χ0n) is 10.9. The number of alkyl halides is 2. The predicted octanol–water partition coefficient (Wildman–Crippen LogP) is 2.49. The highest BCUT2D eigenvalue weighted by molar-refractivity contribution is 14.1. The molecule has 8 heteroatoms. The fourth-order valence-corrected chi connectivity index (χ4v) is 2.55. The summed E-state index contributed by atoms with van der Waals surface area (Å²) in [5.41, 5.74) is 0.261. The van der Waals surface area contributed by atoms with Gasteiger partial charge in [0.05, 0.1) is 7.11 Å². The number of aromatic nitrogens is 2. The van der Waals surface area contributed by atoms with Crippen molar-refractivity contribution < 1.29 is 18.3 Å². The predicted molar refractivity (Wildman–Crippen MR) is 77.1 cm³/mol. The molecule has 5 nitrogen and oxygen atoms in total. The molecule has 0 N–H and O–H groups in total. The summed E-state index contributed by atoms with van der Waals surface area (Å²) < 4.78 is 32.0. The molecule has 0 aliphatic carbocycles. The second-order valence-corrected chi connectivity index (χ2v) is 5.70. The van der Waals surface area contributed by atoms with Crippen molar-refractivity contribution in [1.82, 2.24) is 10.2 Å². The number of esters is 1. The first-order valence-electron chi connectivity index (χ1n) is 6.17. The zero-order chi connectivity index (χ0) is 14.8. The van der Waals surface area contributed by atoms with Gasteiger partial charge in [0.25, 0.3) is 0 Å². The van der Waals surface area contributed by atoms with Crippen molar-refractivity contribution in [2.45, 2.75) is 25.2 Å². The van der Waals surface area contributed by atoms with Crippen LogP contribution in [0.15, 0.2) is 6.07 Å². The van der Waals surface area contributed by atoms with Gasteiger partial charge in [-0.2, -0.15) is 0 Å². The van der Waals surface area contributed by atoms with Crippen molar-refractivity contribution in [2.24, 2.45) is 0 Å². The lowest BCUT2D eigenvalue weighted by Crippen LogP contribution is -2.29. The Balaban J connectivity index is 2.30. The van der Waals surface area contributed by atoms with Crippen molar-refractivity contribution in [2.75, 3.05) is 25.1 Å². The molecular formula is C12H14F2IN3O2.